The lowest BCUT2D eigenvalue weighted by Crippen LogP contribution is -2.49. The van der Waals surface area contributed by atoms with Crippen molar-refractivity contribution < 1.29 is 34.2 Å². The Balaban J connectivity index is 4.21. The SMILES string of the molecule is CC(C)C(N)C(=O)NCC(=O)NCC(=O)NC(CC(=O)O)C(=O)O. The summed E-state index contributed by atoms with van der Waals surface area (Å²) in [6.45, 7) is 2.52. The zero-order chi connectivity index (χ0) is 18.9. The van der Waals surface area contributed by atoms with Crippen molar-refractivity contribution in [1.82, 2.24) is 16.0 Å². The Morgan fingerprint density at radius 1 is 0.958 bits per heavy atom. The van der Waals surface area contributed by atoms with Gasteiger partial charge in [-0.05, 0) is 5.92 Å². The summed E-state index contributed by atoms with van der Waals surface area (Å²) in [6, 6.07) is -2.37. The van der Waals surface area contributed by atoms with Gasteiger partial charge in [-0.25, -0.2) is 4.79 Å². The van der Waals surface area contributed by atoms with Crippen LogP contribution in [-0.2, 0) is 24.0 Å². The standard InChI is InChI=1S/C13H22N4O7/c1-6(2)11(14)12(22)16-4-8(18)15-5-9(19)17-7(13(23)24)3-10(20)21/h6-7,11H,3-5,14H2,1-2H3,(H,15,18)(H,16,22)(H,17,19)(H,20,21)(H,23,24). The quantitative estimate of drug-likeness (QED) is 0.245. The molecule has 0 saturated heterocycles. The van der Waals surface area contributed by atoms with Crippen molar-refractivity contribution >= 4 is 29.7 Å². The Bertz CT molecular complexity index is 507. The predicted molar refractivity (Wildman–Crippen MR) is 80.7 cm³/mol. The van der Waals surface area contributed by atoms with E-state index in [4.69, 9.17) is 15.9 Å². The van der Waals surface area contributed by atoms with Gasteiger partial charge >= 0.3 is 11.9 Å². The van der Waals surface area contributed by atoms with Crippen molar-refractivity contribution in [1.29, 1.82) is 0 Å². The first-order chi connectivity index (χ1) is 11.0. The topological polar surface area (TPSA) is 188 Å². The highest BCUT2D eigenvalue weighted by atomic mass is 16.4. The van der Waals surface area contributed by atoms with Crippen LogP contribution in [0.1, 0.15) is 20.3 Å². The predicted octanol–water partition coefficient (Wildman–Crippen LogP) is -2.75. The molecule has 0 aliphatic heterocycles. The van der Waals surface area contributed by atoms with Crippen LogP contribution in [0.5, 0.6) is 0 Å². The molecule has 0 aliphatic carbocycles. The fraction of sp³-hybridized carbons (Fsp3) is 0.615. The van der Waals surface area contributed by atoms with Gasteiger partial charge in [-0.3, -0.25) is 19.2 Å². The number of hydrogen-bond acceptors (Lipinski definition) is 6. The Labute approximate surface area is 138 Å². The lowest BCUT2D eigenvalue weighted by atomic mass is 10.1. The van der Waals surface area contributed by atoms with Crippen LogP contribution < -0.4 is 21.7 Å². The zero-order valence-electron chi connectivity index (χ0n) is 13.4. The van der Waals surface area contributed by atoms with Crippen LogP contribution in [-0.4, -0.2) is 65.0 Å². The molecule has 0 aromatic rings. The molecule has 0 aromatic heterocycles. The monoisotopic (exact) mass is 346 g/mol. The van der Waals surface area contributed by atoms with E-state index in [9.17, 15) is 24.0 Å². The number of carbonyl (C=O) groups excluding carboxylic acids is 3. The molecule has 0 heterocycles. The molecular weight excluding hydrogens is 324 g/mol. The van der Waals surface area contributed by atoms with Crippen molar-refractivity contribution in [3.63, 3.8) is 0 Å². The Morgan fingerprint density at radius 3 is 1.96 bits per heavy atom. The fourth-order valence-corrected chi connectivity index (χ4v) is 1.45. The molecule has 7 N–H and O–H groups in total. The number of amides is 3. The number of carboxylic acids is 2. The van der Waals surface area contributed by atoms with E-state index < -0.39 is 61.3 Å². The highest BCUT2D eigenvalue weighted by molar-refractivity contribution is 5.91. The van der Waals surface area contributed by atoms with Gasteiger partial charge in [-0.2, -0.15) is 0 Å². The minimum atomic E-state index is -1.60. The summed E-state index contributed by atoms with van der Waals surface area (Å²) in [5.74, 6) is -5.08. The second kappa shape index (κ2) is 10.2. The summed E-state index contributed by atoms with van der Waals surface area (Å²) in [6.07, 6.45) is -0.793. The minimum absolute atomic E-state index is 0.110. The first-order valence-electron chi connectivity index (χ1n) is 7.08. The minimum Gasteiger partial charge on any atom is -0.481 e. The van der Waals surface area contributed by atoms with E-state index in [1.807, 2.05) is 5.32 Å². The molecule has 3 amide bonds. The van der Waals surface area contributed by atoms with E-state index in [0.717, 1.165) is 0 Å². The molecule has 24 heavy (non-hydrogen) atoms. The third-order valence-electron chi connectivity index (χ3n) is 2.90. The van der Waals surface area contributed by atoms with E-state index in [2.05, 4.69) is 10.6 Å². The van der Waals surface area contributed by atoms with Crippen LogP contribution >= 0.6 is 0 Å². The molecule has 0 fully saturated rings. The van der Waals surface area contributed by atoms with Crippen molar-refractivity contribution in [3.8, 4) is 0 Å². The van der Waals surface area contributed by atoms with Crippen molar-refractivity contribution in [2.75, 3.05) is 13.1 Å². The third-order valence-corrected chi connectivity index (χ3v) is 2.90. The lowest BCUT2D eigenvalue weighted by molar-refractivity contribution is -0.147. The van der Waals surface area contributed by atoms with Gasteiger partial charge in [-0.1, -0.05) is 13.8 Å². The largest absolute Gasteiger partial charge is 0.481 e. The molecule has 0 radical (unpaired) electrons. The van der Waals surface area contributed by atoms with Crippen LogP contribution in [0.4, 0.5) is 0 Å². The fourth-order valence-electron chi connectivity index (χ4n) is 1.45. The lowest BCUT2D eigenvalue weighted by Gasteiger charge is -2.15. The molecule has 2 atom stereocenters. The Hall–Kier alpha value is -2.69. The first-order valence-corrected chi connectivity index (χ1v) is 7.08. The smallest absolute Gasteiger partial charge is 0.326 e. The number of rotatable bonds is 10. The molecule has 11 nitrogen and oxygen atoms in total. The summed E-state index contributed by atoms with van der Waals surface area (Å²) in [7, 11) is 0. The van der Waals surface area contributed by atoms with E-state index in [1.165, 1.54) is 0 Å². The van der Waals surface area contributed by atoms with Gasteiger partial charge in [0.15, 0.2) is 0 Å². The zero-order valence-corrected chi connectivity index (χ0v) is 13.4. The van der Waals surface area contributed by atoms with Gasteiger partial charge in [0.05, 0.1) is 25.6 Å². The molecule has 0 aliphatic rings. The van der Waals surface area contributed by atoms with Gasteiger partial charge < -0.3 is 31.9 Å². The van der Waals surface area contributed by atoms with Crippen LogP contribution in [0, 0.1) is 5.92 Å². The molecule has 136 valence electrons. The normalized spacial score (nSPS) is 12.8. The van der Waals surface area contributed by atoms with E-state index in [1.54, 1.807) is 13.8 Å². The van der Waals surface area contributed by atoms with E-state index >= 15 is 0 Å². The van der Waals surface area contributed by atoms with Gasteiger partial charge in [0.2, 0.25) is 17.7 Å². The number of hydrogen-bond donors (Lipinski definition) is 6. The molecule has 0 spiro atoms. The second-order valence-electron chi connectivity index (χ2n) is 5.32. The number of carboxylic acid groups (broad SMARTS) is 2. The van der Waals surface area contributed by atoms with E-state index in [0.29, 0.717) is 0 Å². The molecule has 0 aromatic carbocycles. The summed E-state index contributed by atoms with van der Waals surface area (Å²) >= 11 is 0. The number of nitrogens with two attached hydrogens (primary N) is 1. The van der Waals surface area contributed by atoms with Crippen LogP contribution in [0.2, 0.25) is 0 Å². The summed E-state index contributed by atoms with van der Waals surface area (Å²) in [5, 5.41) is 23.7. The average Bonchev–Trinajstić information content (AvgIpc) is 2.48. The third kappa shape index (κ3) is 8.68. The second-order valence-corrected chi connectivity index (χ2v) is 5.32. The molecule has 0 rings (SSSR count). The van der Waals surface area contributed by atoms with Gasteiger partial charge in [0.1, 0.15) is 6.04 Å². The molecule has 0 saturated carbocycles. The number of aliphatic carboxylic acids is 2. The van der Waals surface area contributed by atoms with Crippen molar-refractivity contribution in [2.45, 2.75) is 32.4 Å². The molecule has 11 heteroatoms. The van der Waals surface area contributed by atoms with Crippen molar-refractivity contribution in [3.05, 3.63) is 0 Å². The summed E-state index contributed by atoms with van der Waals surface area (Å²) in [5.41, 5.74) is 5.58. The summed E-state index contributed by atoms with van der Waals surface area (Å²) in [4.78, 5) is 55.8. The first kappa shape index (κ1) is 21.3. The highest BCUT2D eigenvalue weighted by Gasteiger charge is 2.23. The van der Waals surface area contributed by atoms with Crippen LogP contribution in [0.3, 0.4) is 0 Å². The van der Waals surface area contributed by atoms with Crippen LogP contribution in [0.15, 0.2) is 0 Å². The Morgan fingerprint density at radius 2 is 1.50 bits per heavy atom. The molecule has 2 unspecified atom stereocenters. The maximum Gasteiger partial charge on any atom is 0.326 e. The molecular formula is C13H22N4O7. The maximum absolute atomic E-state index is 11.5. The average molecular weight is 346 g/mol. The van der Waals surface area contributed by atoms with Crippen molar-refractivity contribution in [2.24, 2.45) is 11.7 Å². The van der Waals surface area contributed by atoms with Gasteiger partial charge in [0, 0.05) is 0 Å². The highest BCUT2D eigenvalue weighted by Crippen LogP contribution is 1.97. The number of carbonyl (C=O) groups is 5. The van der Waals surface area contributed by atoms with Gasteiger partial charge in [-0.15, -0.1) is 0 Å². The summed E-state index contributed by atoms with van der Waals surface area (Å²) < 4.78 is 0. The molecule has 0 bridgehead atoms. The van der Waals surface area contributed by atoms with E-state index in [-0.39, 0.29) is 5.92 Å². The number of nitrogens with one attached hydrogen (secondary N) is 3. The van der Waals surface area contributed by atoms with Gasteiger partial charge in [0.25, 0.3) is 0 Å². The maximum atomic E-state index is 11.5. The van der Waals surface area contributed by atoms with Crippen LogP contribution in [0.25, 0.3) is 0 Å². The Kier molecular flexibility index (Phi) is 9.02.